The minimum absolute atomic E-state index is 0.0233. The van der Waals surface area contributed by atoms with Crippen molar-refractivity contribution in [1.29, 1.82) is 0 Å². The van der Waals surface area contributed by atoms with Crippen molar-refractivity contribution in [3.05, 3.63) is 84.7 Å². The Morgan fingerprint density at radius 1 is 0.727 bits per heavy atom. The summed E-state index contributed by atoms with van der Waals surface area (Å²) < 4.78 is 66.9. The Kier molecular flexibility index (Phi) is 7.79. The number of hydrogen-bond donors (Lipinski definition) is 3. The number of carbonyl (C=O) groups excluding carboxylic acids is 1. The zero-order valence-electron chi connectivity index (χ0n) is 17.4. The predicted molar refractivity (Wildman–Crippen MR) is 123 cm³/mol. The van der Waals surface area contributed by atoms with Crippen LogP contribution in [0.25, 0.3) is 0 Å². The number of nitrogens with one attached hydrogen (secondary N) is 3. The van der Waals surface area contributed by atoms with Crippen molar-refractivity contribution in [3.8, 4) is 0 Å². The SMILES string of the molecule is O=C(CCCNS(=O)(=O)c1ccc(F)cc1)Nc1ccc(S(=O)(=O)Nc2ccccc2)cc1. The first-order chi connectivity index (χ1) is 15.7. The quantitative estimate of drug-likeness (QED) is 0.376. The topological polar surface area (TPSA) is 121 Å². The molecule has 3 aromatic rings. The Bertz CT molecular complexity index is 1300. The van der Waals surface area contributed by atoms with Crippen LogP contribution in [0, 0.1) is 5.82 Å². The molecule has 0 aliphatic rings. The third-order valence-electron chi connectivity index (χ3n) is 4.47. The number of rotatable bonds is 10. The van der Waals surface area contributed by atoms with Gasteiger partial charge in [0.1, 0.15) is 5.82 Å². The van der Waals surface area contributed by atoms with Gasteiger partial charge in [-0.15, -0.1) is 0 Å². The Hall–Kier alpha value is -3.28. The summed E-state index contributed by atoms with van der Waals surface area (Å²) in [5, 5.41) is 2.63. The Morgan fingerprint density at radius 3 is 1.94 bits per heavy atom. The van der Waals surface area contributed by atoms with E-state index in [0.717, 1.165) is 24.3 Å². The van der Waals surface area contributed by atoms with Gasteiger partial charge in [0.05, 0.1) is 9.79 Å². The van der Waals surface area contributed by atoms with E-state index in [1.807, 2.05) is 0 Å². The van der Waals surface area contributed by atoms with Crippen LogP contribution in [0.4, 0.5) is 15.8 Å². The normalized spacial score (nSPS) is 11.7. The number of hydrogen-bond acceptors (Lipinski definition) is 5. The molecule has 0 radical (unpaired) electrons. The first kappa shape index (κ1) is 24.4. The van der Waals surface area contributed by atoms with Gasteiger partial charge in [-0.25, -0.2) is 25.9 Å². The van der Waals surface area contributed by atoms with Crippen LogP contribution < -0.4 is 14.8 Å². The second kappa shape index (κ2) is 10.6. The van der Waals surface area contributed by atoms with Crippen molar-refractivity contribution >= 4 is 37.3 Å². The number of sulfonamides is 2. The van der Waals surface area contributed by atoms with Crippen LogP contribution in [0.15, 0.2) is 88.7 Å². The number of benzene rings is 3. The zero-order chi connectivity index (χ0) is 23.9. The third-order valence-corrected chi connectivity index (χ3v) is 7.35. The van der Waals surface area contributed by atoms with Crippen LogP contribution in [-0.2, 0) is 24.8 Å². The predicted octanol–water partition coefficient (Wildman–Crippen LogP) is 3.32. The van der Waals surface area contributed by atoms with Crippen molar-refractivity contribution in [2.75, 3.05) is 16.6 Å². The number of anilines is 2. The van der Waals surface area contributed by atoms with Crippen molar-refractivity contribution in [1.82, 2.24) is 4.72 Å². The van der Waals surface area contributed by atoms with Gasteiger partial charge in [0.25, 0.3) is 10.0 Å². The Morgan fingerprint density at radius 2 is 1.30 bits per heavy atom. The van der Waals surface area contributed by atoms with E-state index < -0.39 is 25.9 Å². The summed E-state index contributed by atoms with van der Waals surface area (Å²) in [6, 6.07) is 18.6. The lowest BCUT2D eigenvalue weighted by atomic mass is 10.2. The van der Waals surface area contributed by atoms with Crippen LogP contribution in [0.2, 0.25) is 0 Å². The monoisotopic (exact) mass is 491 g/mol. The fourth-order valence-corrected chi connectivity index (χ4v) is 4.95. The molecule has 33 heavy (non-hydrogen) atoms. The molecular weight excluding hydrogens is 469 g/mol. The molecular formula is C22H22FN3O5S2. The summed E-state index contributed by atoms with van der Waals surface area (Å²) in [4.78, 5) is 12.1. The molecule has 3 aromatic carbocycles. The third kappa shape index (κ3) is 7.11. The average Bonchev–Trinajstić information content (AvgIpc) is 2.78. The molecule has 0 unspecified atom stereocenters. The summed E-state index contributed by atoms with van der Waals surface area (Å²) in [6.45, 7) is 0.0233. The zero-order valence-corrected chi connectivity index (χ0v) is 19.0. The Balaban J connectivity index is 1.47. The molecule has 0 aliphatic heterocycles. The summed E-state index contributed by atoms with van der Waals surface area (Å²) in [5.74, 6) is -0.891. The van der Waals surface area contributed by atoms with Gasteiger partial charge in [-0.3, -0.25) is 9.52 Å². The highest BCUT2D eigenvalue weighted by Gasteiger charge is 2.15. The van der Waals surface area contributed by atoms with Crippen LogP contribution in [-0.4, -0.2) is 29.3 Å². The largest absolute Gasteiger partial charge is 0.326 e. The summed E-state index contributed by atoms with van der Waals surface area (Å²) in [5.41, 5.74) is 0.843. The van der Waals surface area contributed by atoms with Gasteiger partial charge in [-0.05, 0) is 67.1 Å². The number of halogens is 1. The van der Waals surface area contributed by atoms with Gasteiger partial charge in [-0.1, -0.05) is 18.2 Å². The van der Waals surface area contributed by atoms with Crippen molar-refractivity contribution in [2.45, 2.75) is 22.6 Å². The van der Waals surface area contributed by atoms with E-state index in [0.29, 0.717) is 11.4 Å². The fourth-order valence-electron chi connectivity index (χ4n) is 2.81. The summed E-state index contributed by atoms with van der Waals surface area (Å²) >= 11 is 0. The molecule has 0 saturated heterocycles. The minimum Gasteiger partial charge on any atom is -0.326 e. The Labute approximate surface area is 192 Å². The molecule has 0 aromatic heterocycles. The highest BCUT2D eigenvalue weighted by Crippen LogP contribution is 2.18. The standard InChI is InChI=1S/C22H22FN3O5S2/c23-17-8-12-20(13-9-17)32(28,29)24-16-4-7-22(27)25-18-10-14-21(15-11-18)33(30,31)26-19-5-2-1-3-6-19/h1-3,5-6,8-15,24,26H,4,7,16H2,(H,25,27). The number of carbonyl (C=O) groups is 1. The van der Waals surface area contributed by atoms with E-state index in [4.69, 9.17) is 0 Å². The van der Waals surface area contributed by atoms with E-state index in [9.17, 15) is 26.0 Å². The first-order valence-electron chi connectivity index (χ1n) is 9.89. The molecule has 0 aliphatic carbocycles. The second-order valence-corrected chi connectivity index (χ2v) is 10.4. The average molecular weight is 492 g/mol. The van der Waals surface area contributed by atoms with Gasteiger partial charge in [-0.2, -0.15) is 0 Å². The maximum absolute atomic E-state index is 12.9. The van der Waals surface area contributed by atoms with Crippen LogP contribution in [0.3, 0.4) is 0 Å². The van der Waals surface area contributed by atoms with E-state index in [2.05, 4.69) is 14.8 Å². The lowest BCUT2D eigenvalue weighted by Gasteiger charge is -2.10. The molecule has 0 heterocycles. The highest BCUT2D eigenvalue weighted by molar-refractivity contribution is 7.92. The highest BCUT2D eigenvalue weighted by atomic mass is 32.2. The van der Waals surface area contributed by atoms with Crippen molar-refractivity contribution in [2.24, 2.45) is 0 Å². The minimum atomic E-state index is -3.79. The fraction of sp³-hybridized carbons (Fsp3) is 0.136. The summed E-state index contributed by atoms with van der Waals surface area (Å²) in [7, 11) is -7.55. The van der Waals surface area contributed by atoms with Gasteiger partial charge in [0, 0.05) is 24.3 Å². The van der Waals surface area contributed by atoms with Crippen LogP contribution in [0.1, 0.15) is 12.8 Å². The maximum Gasteiger partial charge on any atom is 0.261 e. The lowest BCUT2D eigenvalue weighted by Crippen LogP contribution is -2.25. The smallest absolute Gasteiger partial charge is 0.261 e. The number of para-hydroxylation sites is 1. The van der Waals surface area contributed by atoms with Gasteiger partial charge >= 0.3 is 0 Å². The molecule has 3 rings (SSSR count). The van der Waals surface area contributed by atoms with Crippen LogP contribution >= 0.6 is 0 Å². The molecule has 0 spiro atoms. The molecule has 0 saturated carbocycles. The maximum atomic E-state index is 12.9. The molecule has 8 nitrogen and oxygen atoms in total. The van der Waals surface area contributed by atoms with Gasteiger partial charge in [0.2, 0.25) is 15.9 Å². The molecule has 0 atom stereocenters. The molecule has 0 fully saturated rings. The second-order valence-electron chi connectivity index (χ2n) is 7.00. The number of amides is 1. The molecule has 1 amide bonds. The van der Waals surface area contributed by atoms with Gasteiger partial charge < -0.3 is 5.32 Å². The van der Waals surface area contributed by atoms with E-state index in [-0.39, 0.29) is 35.1 Å². The molecule has 11 heteroatoms. The van der Waals surface area contributed by atoms with E-state index >= 15 is 0 Å². The first-order valence-corrected chi connectivity index (χ1v) is 12.9. The van der Waals surface area contributed by atoms with E-state index in [1.54, 1.807) is 30.3 Å². The molecule has 0 bridgehead atoms. The van der Waals surface area contributed by atoms with Crippen LogP contribution in [0.5, 0.6) is 0 Å². The molecule has 174 valence electrons. The van der Waals surface area contributed by atoms with Gasteiger partial charge in [0.15, 0.2) is 0 Å². The van der Waals surface area contributed by atoms with E-state index in [1.165, 1.54) is 24.3 Å². The van der Waals surface area contributed by atoms with Crippen molar-refractivity contribution in [3.63, 3.8) is 0 Å². The summed E-state index contributed by atoms with van der Waals surface area (Å²) in [6.07, 6.45) is 0.279. The lowest BCUT2D eigenvalue weighted by molar-refractivity contribution is -0.116. The molecule has 3 N–H and O–H groups in total. The van der Waals surface area contributed by atoms with Crippen molar-refractivity contribution < 1.29 is 26.0 Å².